The molecular weight excluding hydrogens is 484 g/mol. The van der Waals surface area contributed by atoms with Crippen LogP contribution in [0.2, 0.25) is 0 Å². The van der Waals surface area contributed by atoms with Crippen molar-refractivity contribution < 1.29 is 32.4 Å². The molecule has 4 rings (SSSR count). The summed E-state index contributed by atoms with van der Waals surface area (Å²) >= 11 is 0. The first-order valence-corrected chi connectivity index (χ1v) is 11.8. The first-order chi connectivity index (χ1) is 17.2. The number of azo groups is 1. The average molecular weight is 503 g/mol. The molecule has 0 heterocycles. The molecule has 0 saturated carbocycles. The van der Waals surface area contributed by atoms with Gasteiger partial charge in [0, 0.05) is 10.8 Å². The van der Waals surface area contributed by atoms with Gasteiger partial charge in [-0.2, -0.15) is 13.5 Å². The van der Waals surface area contributed by atoms with E-state index < -0.39 is 22.1 Å². The average Bonchev–Trinajstić information content (AvgIpc) is 2.87. The third-order valence-electron chi connectivity index (χ3n) is 5.22. The fraction of sp³-hybridized carbons (Fsp3) is 0. The Hall–Kier alpha value is -4.67. The van der Waals surface area contributed by atoms with Crippen molar-refractivity contribution in [3.63, 3.8) is 0 Å². The third-order valence-corrected chi connectivity index (χ3v) is 6.09. The zero-order valence-electron chi connectivity index (χ0n) is 18.5. The number of carbonyl (C=O) groups excluding carboxylic acids is 1. The van der Waals surface area contributed by atoms with Crippen LogP contribution in [0.15, 0.2) is 101 Å². The lowest BCUT2D eigenvalue weighted by Crippen LogP contribution is -2.15. The van der Waals surface area contributed by atoms with E-state index in [4.69, 9.17) is 9.29 Å². The summed E-state index contributed by atoms with van der Waals surface area (Å²) in [5.41, 5.74) is 0.782. The van der Waals surface area contributed by atoms with E-state index in [2.05, 4.69) is 16.8 Å². The van der Waals surface area contributed by atoms with Crippen LogP contribution in [-0.2, 0) is 10.1 Å². The summed E-state index contributed by atoms with van der Waals surface area (Å²) in [6.45, 7) is 3.59. The highest BCUT2D eigenvalue weighted by Gasteiger charge is 2.21. The number of carbonyl (C=O) groups is 2. The van der Waals surface area contributed by atoms with Gasteiger partial charge in [0.25, 0.3) is 10.1 Å². The maximum Gasteiger partial charge on any atom is 0.344 e. The standard InChI is InChI=1S/C26H18N2O7S/c1-2-16-6-5-9-21(24(16)25(29)30)26(31)35-23-15-14-22(19-7-3-4-8-20(19)23)28-27-17-10-12-18(13-11-17)36(32,33)34/h2-15H,1H2,(H,29,30)(H,32,33,34). The summed E-state index contributed by atoms with van der Waals surface area (Å²) < 4.78 is 37.0. The molecule has 180 valence electrons. The predicted molar refractivity (Wildman–Crippen MR) is 133 cm³/mol. The number of esters is 1. The lowest BCUT2D eigenvalue weighted by atomic mass is 10.0. The second kappa shape index (κ2) is 9.90. The van der Waals surface area contributed by atoms with Gasteiger partial charge in [-0.25, -0.2) is 9.59 Å². The van der Waals surface area contributed by atoms with Crippen LogP contribution in [0.5, 0.6) is 5.75 Å². The van der Waals surface area contributed by atoms with Gasteiger partial charge >= 0.3 is 11.9 Å². The number of benzene rings is 4. The zero-order chi connectivity index (χ0) is 25.9. The SMILES string of the molecule is C=Cc1cccc(C(=O)Oc2ccc(N=Nc3ccc(S(=O)(=O)O)cc3)c3ccccc23)c1C(=O)O. The number of aromatic carboxylic acids is 1. The summed E-state index contributed by atoms with van der Waals surface area (Å²) in [6.07, 6.45) is 1.35. The Morgan fingerprint density at radius 1 is 0.861 bits per heavy atom. The molecule has 0 unspecified atom stereocenters. The highest BCUT2D eigenvalue weighted by molar-refractivity contribution is 7.85. The van der Waals surface area contributed by atoms with Gasteiger partial charge < -0.3 is 9.84 Å². The van der Waals surface area contributed by atoms with E-state index in [9.17, 15) is 23.1 Å². The normalized spacial score (nSPS) is 11.5. The molecule has 0 aliphatic heterocycles. The number of carboxylic acid groups (broad SMARTS) is 1. The molecule has 2 N–H and O–H groups in total. The quantitative estimate of drug-likeness (QED) is 0.135. The Bertz CT molecular complexity index is 1640. The van der Waals surface area contributed by atoms with Crippen LogP contribution in [0, 0.1) is 0 Å². The van der Waals surface area contributed by atoms with Crippen LogP contribution in [0.4, 0.5) is 11.4 Å². The van der Waals surface area contributed by atoms with Gasteiger partial charge in [-0.05, 0) is 48.0 Å². The van der Waals surface area contributed by atoms with Crippen molar-refractivity contribution >= 4 is 50.3 Å². The Morgan fingerprint density at radius 2 is 1.56 bits per heavy atom. The molecule has 0 radical (unpaired) electrons. The van der Waals surface area contributed by atoms with Crippen molar-refractivity contribution in [3.8, 4) is 5.75 Å². The van der Waals surface area contributed by atoms with Crippen LogP contribution in [0.3, 0.4) is 0 Å². The van der Waals surface area contributed by atoms with Gasteiger partial charge in [-0.3, -0.25) is 4.55 Å². The maximum atomic E-state index is 12.9. The maximum absolute atomic E-state index is 12.9. The monoisotopic (exact) mass is 502 g/mol. The van der Waals surface area contributed by atoms with E-state index in [1.54, 1.807) is 42.5 Å². The molecule has 4 aromatic rings. The number of fused-ring (bicyclic) bond motifs is 1. The Balaban J connectivity index is 1.67. The largest absolute Gasteiger partial charge is 0.478 e. The number of ether oxygens (including phenoxy) is 1. The molecule has 0 aliphatic rings. The summed E-state index contributed by atoms with van der Waals surface area (Å²) in [7, 11) is -4.31. The topological polar surface area (TPSA) is 143 Å². The summed E-state index contributed by atoms with van der Waals surface area (Å²) in [4.78, 5) is 24.4. The molecule has 36 heavy (non-hydrogen) atoms. The van der Waals surface area contributed by atoms with E-state index in [1.165, 1.54) is 42.5 Å². The van der Waals surface area contributed by atoms with Gasteiger partial charge in [0.05, 0.1) is 27.4 Å². The molecule has 10 heteroatoms. The lowest BCUT2D eigenvalue weighted by Gasteiger charge is -2.11. The minimum atomic E-state index is -4.31. The minimum absolute atomic E-state index is 0.110. The van der Waals surface area contributed by atoms with Crippen LogP contribution >= 0.6 is 0 Å². The van der Waals surface area contributed by atoms with Crippen molar-refractivity contribution in [2.75, 3.05) is 0 Å². The Labute approximate surface area is 205 Å². The molecule has 0 bridgehead atoms. The fourth-order valence-corrected chi connectivity index (χ4v) is 4.01. The predicted octanol–water partition coefficient (Wildman–Crippen LogP) is 6.06. The van der Waals surface area contributed by atoms with Gasteiger partial charge in [0.1, 0.15) is 5.75 Å². The van der Waals surface area contributed by atoms with Crippen molar-refractivity contribution in [1.82, 2.24) is 0 Å². The van der Waals surface area contributed by atoms with Gasteiger partial charge in [0.15, 0.2) is 0 Å². The van der Waals surface area contributed by atoms with Crippen molar-refractivity contribution in [2.45, 2.75) is 4.90 Å². The summed E-state index contributed by atoms with van der Waals surface area (Å²) in [6, 6.07) is 19.7. The first-order valence-electron chi connectivity index (χ1n) is 10.4. The molecule has 0 spiro atoms. The van der Waals surface area contributed by atoms with Crippen LogP contribution < -0.4 is 4.74 Å². The number of hydrogen-bond acceptors (Lipinski definition) is 7. The molecular formula is C26H18N2O7S. The molecule has 0 aliphatic carbocycles. The van der Waals surface area contributed by atoms with E-state index in [1.807, 2.05) is 0 Å². The van der Waals surface area contributed by atoms with E-state index >= 15 is 0 Å². The van der Waals surface area contributed by atoms with Crippen LogP contribution in [0.1, 0.15) is 26.3 Å². The molecule has 0 fully saturated rings. The molecule has 0 aromatic heterocycles. The van der Waals surface area contributed by atoms with Crippen LogP contribution in [0.25, 0.3) is 16.8 Å². The lowest BCUT2D eigenvalue weighted by molar-refractivity contribution is 0.0668. The molecule has 0 amide bonds. The van der Waals surface area contributed by atoms with Gasteiger partial charge in [-0.15, -0.1) is 5.11 Å². The smallest absolute Gasteiger partial charge is 0.344 e. The second-order valence-corrected chi connectivity index (χ2v) is 8.89. The molecule has 0 atom stereocenters. The van der Waals surface area contributed by atoms with Crippen molar-refractivity contribution in [2.24, 2.45) is 10.2 Å². The summed E-state index contributed by atoms with van der Waals surface area (Å²) in [5, 5.41) is 19.1. The Morgan fingerprint density at radius 3 is 2.19 bits per heavy atom. The van der Waals surface area contributed by atoms with Gasteiger partial charge in [-0.1, -0.05) is 49.1 Å². The number of nitrogens with zero attached hydrogens (tertiary/aromatic N) is 2. The zero-order valence-corrected chi connectivity index (χ0v) is 19.3. The highest BCUT2D eigenvalue weighted by atomic mass is 32.2. The molecule has 9 nitrogen and oxygen atoms in total. The second-order valence-electron chi connectivity index (χ2n) is 7.47. The number of hydrogen-bond donors (Lipinski definition) is 2. The van der Waals surface area contributed by atoms with E-state index in [0.717, 1.165) is 0 Å². The minimum Gasteiger partial charge on any atom is -0.478 e. The fourth-order valence-electron chi connectivity index (χ4n) is 3.53. The highest BCUT2D eigenvalue weighted by Crippen LogP contribution is 2.35. The van der Waals surface area contributed by atoms with E-state index in [0.29, 0.717) is 27.7 Å². The molecule has 4 aromatic carbocycles. The third kappa shape index (κ3) is 5.04. The molecule has 0 saturated heterocycles. The van der Waals surface area contributed by atoms with E-state index in [-0.39, 0.29) is 21.8 Å². The Kier molecular flexibility index (Phi) is 6.73. The van der Waals surface area contributed by atoms with Crippen molar-refractivity contribution in [3.05, 3.63) is 102 Å². The summed E-state index contributed by atoms with van der Waals surface area (Å²) in [5.74, 6) is -1.91. The van der Waals surface area contributed by atoms with Crippen LogP contribution in [-0.4, -0.2) is 30.0 Å². The first kappa shape index (κ1) is 24.5. The number of carboxylic acids is 1. The number of rotatable bonds is 7. The van der Waals surface area contributed by atoms with Gasteiger partial charge in [0.2, 0.25) is 0 Å². The van der Waals surface area contributed by atoms with Crippen molar-refractivity contribution in [1.29, 1.82) is 0 Å².